The summed E-state index contributed by atoms with van der Waals surface area (Å²) in [6.45, 7) is 0.144. The molecule has 4 aromatic carbocycles. The van der Waals surface area contributed by atoms with E-state index in [-0.39, 0.29) is 42.6 Å². The molecule has 51 heavy (non-hydrogen) atoms. The Labute approximate surface area is 296 Å². The Morgan fingerprint density at radius 1 is 0.804 bits per heavy atom. The van der Waals surface area contributed by atoms with Gasteiger partial charge in [0.1, 0.15) is 23.7 Å². The van der Waals surface area contributed by atoms with Gasteiger partial charge in [-0.2, -0.15) is 0 Å². The molecule has 268 valence electrons. The fourth-order valence-electron chi connectivity index (χ4n) is 5.47. The Morgan fingerprint density at radius 3 is 2.18 bits per heavy atom. The van der Waals surface area contributed by atoms with Crippen LogP contribution in [0, 0.1) is 11.2 Å². The van der Waals surface area contributed by atoms with Gasteiger partial charge in [-0.15, -0.1) is 0 Å². The summed E-state index contributed by atoms with van der Waals surface area (Å²) in [4.78, 5) is 39.0. The number of carbonyl (C=O) groups excluding carboxylic acids is 2. The van der Waals surface area contributed by atoms with Crippen molar-refractivity contribution in [3.05, 3.63) is 142 Å². The molecule has 0 aliphatic rings. The molecule has 2 unspecified atom stereocenters. The first kappa shape index (κ1) is 38.4. The molecule has 0 bridgehead atoms. The molecule has 0 aromatic heterocycles. The van der Waals surface area contributed by atoms with Crippen LogP contribution in [0.15, 0.2) is 97.1 Å². The maximum absolute atomic E-state index is 14.5. The van der Waals surface area contributed by atoms with Crippen molar-refractivity contribution < 1.29 is 32.3 Å². The fraction of sp³-hybridized carbons (Fsp3) is 0.243. The summed E-state index contributed by atoms with van der Waals surface area (Å²) >= 11 is 0. The van der Waals surface area contributed by atoms with Crippen LogP contribution < -0.4 is 26.8 Å². The number of amidine groups is 1. The smallest absolute Gasteiger partial charge is 0.335 e. The molecule has 4 aromatic rings. The monoisotopic (exact) mass is 716 g/mol. The van der Waals surface area contributed by atoms with Gasteiger partial charge in [0, 0.05) is 19.5 Å². The molecule has 0 aliphatic heterocycles. The molecule has 2 atom stereocenters. The molecule has 12 nitrogen and oxygen atoms in total. The average Bonchev–Trinajstić information content (AvgIpc) is 3.10. The molecule has 0 saturated heterocycles. The number of sulfonamides is 1. The topological polar surface area (TPSA) is 218 Å². The Morgan fingerprint density at radius 2 is 1.49 bits per heavy atom. The second-order valence-corrected chi connectivity index (χ2v) is 13.8. The van der Waals surface area contributed by atoms with Gasteiger partial charge in [0.15, 0.2) is 0 Å². The molecule has 0 heterocycles. The lowest BCUT2D eigenvalue weighted by Crippen LogP contribution is -2.54. The third-order valence-corrected chi connectivity index (χ3v) is 9.42. The van der Waals surface area contributed by atoms with Gasteiger partial charge in [-0.25, -0.2) is 22.3 Å². The summed E-state index contributed by atoms with van der Waals surface area (Å²) in [6.07, 6.45) is 1.11. The van der Waals surface area contributed by atoms with E-state index in [0.717, 1.165) is 17.2 Å². The highest BCUT2D eigenvalue weighted by Crippen LogP contribution is 2.15. The largest absolute Gasteiger partial charge is 0.478 e. The fourth-order valence-corrected chi connectivity index (χ4v) is 6.83. The van der Waals surface area contributed by atoms with Crippen molar-refractivity contribution in [2.24, 2.45) is 11.5 Å². The molecule has 0 radical (unpaired) electrons. The third kappa shape index (κ3) is 11.8. The van der Waals surface area contributed by atoms with Crippen LogP contribution in [0.3, 0.4) is 0 Å². The normalized spacial score (nSPS) is 12.4. The van der Waals surface area contributed by atoms with Crippen molar-refractivity contribution in [2.75, 3.05) is 0 Å². The number of aromatic carboxylic acids is 1. The maximum atomic E-state index is 14.5. The molecule has 9 N–H and O–H groups in total. The molecule has 14 heteroatoms. The zero-order chi connectivity index (χ0) is 37.0. The zero-order valence-electron chi connectivity index (χ0n) is 27.8. The Hall–Kier alpha value is -5.44. The average molecular weight is 717 g/mol. The number of benzene rings is 4. The van der Waals surface area contributed by atoms with Crippen LogP contribution in [-0.2, 0) is 51.3 Å². The van der Waals surface area contributed by atoms with E-state index in [9.17, 15) is 32.3 Å². The molecule has 0 spiro atoms. The highest BCUT2D eigenvalue weighted by Gasteiger charge is 2.29. The molecule has 0 aliphatic carbocycles. The maximum Gasteiger partial charge on any atom is 0.335 e. The van der Waals surface area contributed by atoms with E-state index in [0.29, 0.717) is 24.0 Å². The highest BCUT2D eigenvalue weighted by molar-refractivity contribution is 7.88. The van der Waals surface area contributed by atoms with E-state index in [1.165, 1.54) is 36.4 Å². The number of hydrogen-bond donors (Lipinski definition) is 7. The van der Waals surface area contributed by atoms with E-state index in [1.54, 1.807) is 18.2 Å². The minimum atomic E-state index is -4.18. The lowest BCUT2D eigenvalue weighted by molar-refractivity contribution is -0.130. The molecular weight excluding hydrogens is 676 g/mol. The SMILES string of the molecule is N=C(N)c1ccc(CNC(=O)C(Cc2cccc(CN)c2)NC(=O)C(CCCc2ccccc2)NS(=O)(=O)Cc2cccc(C(=O)O)c2)cc1F. The van der Waals surface area contributed by atoms with Crippen LogP contribution in [-0.4, -0.2) is 49.2 Å². The summed E-state index contributed by atoms with van der Waals surface area (Å²) in [6, 6.07) is 23.7. The number of amides is 2. The van der Waals surface area contributed by atoms with Gasteiger partial charge < -0.3 is 27.2 Å². The molecular formula is C37H41FN6O6S. The van der Waals surface area contributed by atoms with Gasteiger partial charge in [0.2, 0.25) is 21.8 Å². The summed E-state index contributed by atoms with van der Waals surface area (Å²) in [5, 5.41) is 22.3. The number of aryl methyl sites for hydroxylation is 1. The first-order valence-electron chi connectivity index (χ1n) is 16.2. The summed E-state index contributed by atoms with van der Waals surface area (Å²) < 4.78 is 43.7. The van der Waals surface area contributed by atoms with Crippen LogP contribution >= 0.6 is 0 Å². The number of halogens is 1. The molecule has 0 fully saturated rings. The van der Waals surface area contributed by atoms with Crippen LogP contribution in [0.1, 0.15) is 56.6 Å². The van der Waals surface area contributed by atoms with Crippen molar-refractivity contribution >= 4 is 33.6 Å². The standard InChI is InChI=1S/C37H41FN6O6S/c38-31-19-27(15-16-30(31)34(40)41)22-42-35(45)33(20-25-10-4-11-26(17-25)21-39)43-36(46)32(14-6-9-24-7-2-1-3-8-24)44-51(49,50)23-28-12-5-13-29(18-28)37(47)48/h1-5,7-8,10-13,15-19,32-33,44H,6,9,14,20-23,39H2,(H3,40,41)(H,42,45)(H,43,46)(H,47,48). The Bertz CT molecular complexity index is 1980. The van der Waals surface area contributed by atoms with E-state index < -0.39 is 57.3 Å². The van der Waals surface area contributed by atoms with Gasteiger partial charge in [0.25, 0.3) is 0 Å². The molecule has 0 saturated carbocycles. The van der Waals surface area contributed by atoms with Crippen molar-refractivity contribution in [2.45, 2.75) is 56.6 Å². The number of carboxylic acid groups (broad SMARTS) is 1. The summed E-state index contributed by atoms with van der Waals surface area (Å²) in [7, 11) is -4.18. The number of carboxylic acids is 1. The lowest BCUT2D eigenvalue weighted by Gasteiger charge is -2.24. The van der Waals surface area contributed by atoms with E-state index in [1.807, 2.05) is 36.4 Å². The minimum absolute atomic E-state index is 0.0362. The predicted octanol–water partition coefficient (Wildman–Crippen LogP) is 3.12. The predicted molar refractivity (Wildman–Crippen MR) is 192 cm³/mol. The summed E-state index contributed by atoms with van der Waals surface area (Å²) in [5.41, 5.74) is 14.2. The molecule has 2 amide bonds. The van der Waals surface area contributed by atoms with Crippen molar-refractivity contribution in [1.82, 2.24) is 15.4 Å². The number of rotatable bonds is 18. The van der Waals surface area contributed by atoms with Gasteiger partial charge in [-0.1, -0.05) is 72.8 Å². The second-order valence-electron chi connectivity index (χ2n) is 12.0. The number of nitrogen functional groups attached to an aromatic ring is 1. The van der Waals surface area contributed by atoms with Gasteiger partial charge >= 0.3 is 5.97 Å². The van der Waals surface area contributed by atoms with Crippen LogP contribution in [0.4, 0.5) is 4.39 Å². The van der Waals surface area contributed by atoms with Crippen LogP contribution in [0.25, 0.3) is 0 Å². The van der Waals surface area contributed by atoms with E-state index in [4.69, 9.17) is 16.9 Å². The third-order valence-electron chi connectivity index (χ3n) is 8.06. The Balaban J connectivity index is 1.56. The molecule has 4 rings (SSSR count). The first-order chi connectivity index (χ1) is 24.3. The van der Waals surface area contributed by atoms with Crippen molar-refractivity contribution in [3.8, 4) is 0 Å². The lowest BCUT2D eigenvalue weighted by atomic mass is 10.0. The number of nitrogens with two attached hydrogens (primary N) is 2. The number of nitrogens with one attached hydrogen (secondary N) is 4. The van der Waals surface area contributed by atoms with Gasteiger partial charge in [-0.05, 0) is 71.3 Å². The van der Waals surface area contributed by atoms with Gasteiger partial charge in [0.05, 0.1) is 16.9 Å². The van der Waals surface area contributed by atoms with Crippen LogP contribution in [0.5, 0.6) is 0 Å². The van der Waals surface area contributed by atoms with Crippen molar-refractivity contribution in [1.29, 1.82) is 5.41 Å². The van der Waals surface area contributed by atoms with Gasteiger partial charge in [-0.3, -0.25) is 15.0 Å². The van der Waals surface area contributed by atoms with Crippen molar-refractivity contribution in [3.63, 3.8) is 0 Å². The highest BCUT2D eigenvalue weighted by atomic mass is 32.2. The van der Waals surface area contributed by atoms with Crippen LogP contribution in [0.2, 0.25) is 0 Å². The minimum Gasteiger partial charge on any atom is -0.478 e. The zero-order valence-corrected chi connectivity index (χ0v) is 28.6. The van der Waals surface area contributed by atoms with E-state index >= 15 is 0 Å². The van der Waals surface area contributed by atoms with E-state index in [2.05, 4.69) is 15.4 Å². The summed E-state index contributed by atoms with van der Waals surface area (Å²) in [5.74, 6) is -4.29. The first-order valence-corrected chi connectivity index (χ1v) is 17.8. The second kappa shape index (κ2) is 18.0. The Kier molecular flexibility index (Phi) is 13.5. The number of hydrogen-bond acceptors (Lipinski definition) is 7. The number of carbonyl (C=O) groups is 3. The quantitative estimate of drug-likeness (QED) is 0.0598.